The SMILES string of the molecule is Cc1ccccc1CN(C)C(=O)COc1ccc(C(F)(F)F)cc1. The Labute approximate surface area is 138 Å². The summed E-state index contributed by atoms with van der Waals surface area (Å²) in [6.07, 6.45) is -4.39. The first-order chi connectivity index (χ1) is 11.3. The molecule has 0 aromatic heterocycles. The van der Waals surface area contributed by atoms with Crippen molar-refractivity contribution in [1.82, 2.24) is 4.90 Å². The van der Waals surface area contributed by atoms with E-state index in [1.807, 2.05) is 31.2 Å². The summed E-state index contributed by atoms with van der Waals surface area (Å²) in [5, 5.41) is 0. The van der Waals surface area contributed by atoms with E-state index >= 15 is 0 Å². The third kappa shape index (κ3) is 4.75. The van der Waals surface area contributed by atoms with Gasteiger partial charge in [0.25, 0.3) is 5.91 Å². The molecule has 2 aromatic carbocycles. The molecule has 0 aliphatic heterocycles. The molecule has 24 heavy (non-hydrogen) atoms. The van der Waals surface area contributed by atoms with Gasteiger partial charge in [-0.25, -0.2) is 0 Å². The molecule has 1 amide bonds. The highest BCUT2D eigenvalue weighted by molar-refractivity contribution is 5.77. The molecule has 0 N–H and O–H groups in total. The molecular formula is C18H18F3NO2. The molecule has 0 saturated carbocycles. The van der Waals surface area contributed by atoms with Gasteiger partial charge in [0.2, 0.25) is 0 Å². The quantitative estimate of drug-likeness (QED) is 0.824. The topological polar surface area (TPSA) is 29.5 Å². The van der Waals surface area contributed by atoms with Gasteiger partial charge < -0.3 is 9.64 Å². The van der Waals surface area contributed by atoms with Gasteiger partial charge in [0.15, 0.2) is 6.61 Å². The average molecular weight is 337 g/mol. The molecule has 0 spiro atoms. The number of carbonyl (C=O) groups excluding carboxylic acids is 1. The fourth-order valence-corrected chi connectivity index (χ4v) is 2.13. The minimum absolute atomic E-state index is 0.223. The minimum atomic E-state index is -4.39. The average Bonchev–Trinajstić information content (AvgIpc) is 2.54. The first kappa shape index (κ1) is 17.8. The number of alkyl halides is 3. The van der Waals surface area contributed by atoms with Crippen molar-refractivity contribution in [2.45, 2.75) is 19.6 Å². The van der Waals surface area contributed by atoms with Crippen LogP contribution in [0, 0.1) is 6.92 Å². The largest absolute Gasteiger partial charge is 0.484 e. The van der Waals surface area contributed by atoms with Crippen LogP contribution in [0.2, 0.25) is 0 Å². The monoisotopic (exact) mass is 337 g/mol. The molecule has 0 fully saturated rings. The molecule has 3 nitrogen and oxygen atoms in total. The smallest absolute Gasteiger partial charge is 0.416 e. The Morgan fingerprint density at radius 3 is 2.29 bits per heavy atom. The minimum Gasteiger partial charge on any atom is -0.484 e. The van der Waals surface area contributed by atoms with Crippen molar-refractivity contribution in [3.05, 3.63) is 65.2 Å². The Morgan fingerprint density at radius 2 is 1.71 bits per heavy atom. The Bertz CT molecular complexity index is 696. The van der Waals surface area contributed by atoms with Crippen LogP contribution < -0.4 is 4.74 Å². The Balaban J connectivity index is 1.89. The third-order valence-corrected chi connectivity index (χ3v) is 3.64. The van der Waals surface area contributed by atoms with Crippen LogP contribution in [0.15, 0.2) is 48.5 Å². The van der Waals surface area contributed by atoms with E-state index in [9.17, 15) is 18.0 Å². The molecule has 0 aliphatic carbocycles. The maximum Gasteiger partial charge on any atom is 0.416 e. The predicted molar refractivity (Wildman–Crippen MR) is 84.6 cm³/mol. The van der Waals surface area contributed by atoms with E-state index in [0.717, 1.165) is 23.3 Å². The van der Waals surface area contributed by atoms with E-state index in [2.05, 4.69) is 0 Å². The van der Waals surface area contributed by atoms with Crippen LogP contribution in [0.4, 0.5) is 13.2 Å². The van der Waals surface area contributed by atoms with Gasteiger partial charge >= 0.3 is 6.18 Å². The predicted octanol–water partition coefficient (Wildman–Crippen LogP) is 4.05. The van der Waals surface area contributed by atoms with Crippen molar-refractivity contribution < 1.29 is 22.7 Å². The van der Waals surface area contributed by atoms with Crippen molar-refractivity contribution in [3.63, 3.8) is 0 Å². The highest BCUT2D eigenvalue weighted by Crippen LogP contribution is 2.30. The lowest BCUT2D eigenvalue weighted by Crippen LogP contribution is -2.31. The molecule has 0 radical (unpaired) electrons. The van der Waals surface area contributed by atoms with E-state index in [1.165, 1.54) is 17.0 Å². The second-order valence-electron chi connectivity index (χ2n) is 5.49. The lowest BCUT2D eigenvalue weighted by Gasteiger charge is -2.19. The van der Waals surface area contributed by atoms with Crippen molar-refractivity contribution in [2.24, 2.45) is 0 Å². The van der Waals surface area contributed by atoms with Crippen LogP contribution in [0.5, 0.6) is 5.75 Å². The second kappa shape index (κ2) is 7.38. The van der Waals surface area contributed by atoms with Crippen molar-refractivity contribution in [1.29, 1.82) is 0 Å². The Hall–Kier alpha value is -2.50. The van der Waals surface area contributed by atoms with Gasteiger partial charge in [-0.1, -0.05) is 24.3 Å². The number of aryl methyl sites for hydroxylation is 1. The van der Waals surface area contributed by atoms with Crippen LogP contribution in [-0.4, -0.2) is 24.5 Å². The summed E-state index contributed by atoms with van der Waals surface area (Å²) in [5.41, 5.74) is 1.36. The lowest BCUT2D eigenvalue weighted by molar-refractivity contribution is -0.137. The van der Waals surface area contributed by atoms with Crippen LogP contribution in [0.1, 0.15) is 16.7 Å². The molecular weight excluding hydrogens is 319 g/mol. The third-order valence-electron chi connectivity index (χ3n) is 3.64. The molecule has 0 unspecified atom stereocenters. The van der Waals surface area contributed by atoms with E-state index in [-0.39, 0.29) is 18.3 Å². The Kier molecular flexibility index (Phi) is 5.49. The van der Waals surface area contributed by atoms with E-state index in [0.29, 0.717) is 6.54 Å². The van der Waals surface area contributed by atoms with E-state index in [4.69, 9.17) is 4.74 Å². The lowest BCUT2D eigenvalue weighted by atomic mass is 10.1. The molecule has 0 atom stereocenters. The number of carbonyl (C=O) groups is 1. The van der Waals surface area contributed by atoms with Gasteiger partial charge in [0.05, 0.1) is 5.56 Å². The summed E-state index contributed by atoms with van der Waals surface area (Å²) in [5.74, 6) is -0.0289. The normalized spacial score (nSPS) is 11.2. The second-order valence-corrected chi connectivity index (χ2v) is 5.49. The molecule has 2 aromatic rings. The number of rotatable bonds is 5. The zero-order valence-electron chi connectivity index (χ0n) is 13.4. The standard InChI is InChI=1S/C18H18F3NO2/c1-13-5-3-4-6-14(13)11-22(2)17(23)12-24-16-9-7-15(8-10-16)18(19,20)21/h3-10H,11-12H2,1-2H3. The van der Waals surface area contributed by atoms with Crippen LogP contribution in [0.25, 0.3) is 0 Å². The number of hydrogen-bond donors (Lipinski definition) is 0. The van der Waals surface area contributed by atoms with Crippen molar-refractivity contribution >= 4 is 5.91 Å². The summed E-state index contributed by atoms with van der Waals surface area (Å²) < 4.78 is 42.7. The number of likely N-dealkylation sites (N-methyl/N-ethyl adjacent to an activating group) is 1. The highest BCUT2D eigenvalue weighted by atomic mass is 19.4. The van der Waals surface area contributed by atoms with Gasteiger partial charge in [-0.05, 0) is 42.3 Å². The maximum absolute atomic E-state index is 12.5. The van der Waals surface area contributed by atoms with Crippen LogP contribution >= 0.6 is 0 Å². The maximum atomic E-state index is 12.5. The zero-order valence-corrected chi connectivity index (χ0v) is 13.4. The number of nitrogens with zero attached hydrogens (tertiary/aromatic N) is 1. The summed E-state index contributed by atoms with van der Waals surface area (Å²) in [6.45, 7) is 2.18. The van der Waals surface area contributed by atoms with Gasteiger partial charge in [-0.2, -0.15) is 13.2 Å². The van der Waals surface area contributed by atoms with E-state index < -0.39 is 11.7 Å². The summed E-state index contributed by atoms with van der Waals surface area (Å²) in [6, 6.07) is 12.0. The summed E-state index contributed by atoms with van der Waals surface area (Å²) in [4.78, 5) is 13.6. The van der Waals surface area contributed by atoms with Gasteiger partial charge in [0.1, 0.15) is 5.75 Å². The number of benzene rings is 2. The Morgan fingerprint density at radius 1 is 1.08 bits per heavy atom. The molecule has 128 valence electrons. The van der Waals surface area contributed by atoms with Crippen molar-refractivity contribution in [2.75, 3.05) is 13.7 Å². The molecule has 6 heteroatoms. The highest BCUT2D eigenvalue weighted by Gasteiger charge is 2.30. The van der Waals surface area contributed by atoms with Gasteiger partial charge in [-0.3, -0.25) is 4.79 Å². The number of ether oxygens (including phenoxy) is 1. The van der Waals surface area contributed by atoms with Crippen LogP contribution in [0.3, 0.4) is 0 Å². The van der Waals surface area contributed by atoms with Crippen molar-refractivity contribution in [3.8, 4) is 5.75 Å². The summed E-state index contributed by atoms with van der Waals surface area (Å²) >= 11 is 0. The summed E-state index contributed by atoms with van der Waals surface area (Å²) in [7, 11) is 1.66. The molecule has 0 aliphatic rings. The first-order valence-electron chi connectivity index (χ1n) is 7.36. The molecule has 0 heterocycles. The fourth-order valence-electron chi connectivity index (χ4n) is 2.13. The van der Waals surface area contributed by atoms with Gasteiger partial charge in [0, 0.05) is 13.6 Å². The van der Waals surface area contributed by atoms with Crippen LogP contribution in [-0.2, 0) is 17.5 Å². The van der Waals surface area contributed by atoms with Gasteiger partial charge in [-0.15, -0.1) is 0 Å². The van der Waals surface area contributed by atoms with E-state index in [1.54, 1.807) is 7.05 Å². The first-order valence-corrected chi connectivity index (χ1v) is 7.36. The fraction of sp³-hybridized carbons (Fsp3) is 0.278. The molecule has 2 rings (SSSR count). The number of halogens is 3. The number of amides is 1. The molecule has 0 saturated heterocycles. The zero-order chi connectivity index (χ0) is 17.7. The molecule has 0 bridgehead atoms. The number of hydrogen-bond acceptors (Lipinski definition) is 2.